The Morgan fingerprint density at radius 3 is 2.70 bits per heavy atom. The minimum atomic E-state index is 0. The maximum absolute atomic E-state index is 5.29. The average molecular weight is 432 g/mol. The molecule has 0 aliphatic carbocycles. The van der Waals surface area contributed by atoms with Gasteiger partial charge in [0, 0.05) is 24.6 Å². The van der Waals surface area contributed by atoms with Crippen LogP contribution in [0.3, 0.4) is 0 Å². The van der Waals surface area contributed by atoms with Gasteiger partial charge in [-0.15, -0.1) is 24.0 Å². The van der Waals surface area contributed by atoms with Crippen LogP contribution in [0.15, 0.2) is 32.3 Å². The molecule has 0 fully saturated rings. The van der Waals surface area contributed by atoms with Crippen LogP contribution in [0, 0.1) is 13.8 Å². The predicted molar refractivity (Wildman–Crippen MR) is 101 cm³/mol. The molecule has 2 aromatic rings. The van der Waals surface area contributed by atoms with Crippen LogP contribution >= 0.6 is 24.0 Å². The Morgan fingerprint density at radius 2 is 2.13 bits per heavy atom. The summed E-state index contributed by atoms with van der Waals surface area (Å²) in [6.45, 7) is 10.2. The molecule has 0 bridgehead atoms. The molecule has 2 N–H and O–H groups in total. The first-order chi connectivity index (χ1) is 10.6. The Morgan fingerprint density at radius 1 is 1.35 bits per heavy atom. The monoisotopic (exact) mass is 432 g/mol. The number of halogens is 1. The van der Waals surface area contributed by atoms with Gasteiger partial charge in [-0.1, -0.05) is 12.1 Å². The molecule has 0 saturated carbocycles. The third-order valence-electron chi connectivity index (χ3n) is 3.47. The number of aryl methyl sites for hydroxylation is 2. The Labute approximate surface area is 154 Å². The van der Waals surface area contributed by atoms with E-state index in [0.29, 0.717) is 12.5 Å². The number of aromatic nitrogens is 1. The molecule has 0 saturated heterocycles. The van der Waals surface area contributed by atoms with Crippen molar-refractivity contribution in [1.29, 1.82) is 0 Å². The summed E-state index contributed by atoms with van der Waals surface area (Å²) < 4.78 is 10.5. The molecular weight excluding hydrogens is 407 g/mol. The fourth-order valence-corrected chi connectivity index (χ4v) is 2.45. The van der Waals surface area contributed by atoms with Crippen molar-refractivity contribution in [3.63, 3.8) is 0 Å². The molecule has 0 spiro atoms. The molecule has 0 aliphatic rings. The lowest BCUT2D eigenvalue weighted by Crippen LogP contribution is -2.39. The van der Waals surface area contributed by atoms with Crippen LogP contribution in [0.5, 0.6) is 0 Å². The topological polar surface area (TPSA) is 75.6 Å². The SMILES string of the molecule is CCNC(=NCc1ccco1)NCC(C)c1c(C)noc1C.I. The summed E-state index contributed by atoms with van der Waals surface area (Å²) in [5.74, 6) is 2.79. The van der Waals surface area contributed by atoms with Crippen molar-refractivity contribution in [3.05, 3.63) is 41.2 Å². The minimum Gasteiger partial charge on any atom is -0.467 e. The molecule has 1 atom stereocenters. The van der Waals surface area contributed by atoms with E-state index in [2.05, 4.69) is 27.7 Å². The van der Waals surface area contributed by atoms with Crippen LogP contribution < -0.4 is 10.6 Å². The van der Waals surface area contributed by atoms with Crippen LogP contribution in [0.2, 0.25) is 0 Å². The summed E-state index contributed by atoms with van der Waals surface area (Å²) in [7, 11) is 0. The number of nitrogens with one attached hydrogen (secondary N) is 2. The summed E-state index contributed by atoms with van der Waals surface area (Å²) >= 11 is 0. The van der Waals surface area contributed by atoms with Crippen molar-refractivity contribution in [2.45, 2.75) is 40.2 Å². The molecule has 2 heterocycles. The average Bonchev–Trinajstić information content (AvgIpc) is 3.12. The summed E-state index contributed by atoms with van der Waals surface area (Å²) in [5, 5.41) is 10.6. The van der Waals surface area contributed by atoms with Gasteiger partial charge in [0.15, 0.2) is 5.96 Å². The first-order valence-corrected chi connectivity index (χ1v) is 7.59. The zero-order valence-electron chi connectivity index (χ0n) is 14.0. The van der Waals surface area contributed by atoms with E-state index in [1.54, 1.807) is 6.26 Å². The van der Waals surface area contributed by atoms with Gasteiger partial charge < -0.3 is 19.6 Å². The Kier molecular flexibility index (Phi) is 8.15. The highest BCUT2D eigenvalue weighted by Crippen LogP contribution is 2.22. The molecule has 0 aromatic carbocycles. The molecule has 128 valence electrons. The quantitative estimate of drug-likeness (QED) is 0.416. The third kappa shape index (κ3) is 5.56. The second kappa shape index (κ2) is 9.59. The second-order valence-electron chi connectivity index (χ2n) is 5.29. The van der Waals surface area contributed by atoms with E-state index in [1.807, 2.05) is 32.9 Å². The summed E-state index contributed by atoms with van der Waals surface area (Å²) in [6.07, 6.45) is 1.66. The fourth-order valence-electron chi connectivity index (χ4n) is 2.45. The zero-order chi connectivity index (χ0) is 15.9. The maximum atomic E-state index is 5.29. The molecule has 6 nitrogen and oxygen atoms in total. The Bertz CT molecular complexity index is 588. The van der Waals surface area contributed by atoms with Gasteiger partial charge in [0.05, 0.1) is 12.0 Å². The van der Waals surface area contributed by atoms with E-state index in [4.69, 9.17) is 8.94 Å². The molecule has 23 heavy (non-hydrogen) atoms. The normalized spacial score (nSPS) is 12.6. The molecule has 0 aliphatic heterocycles. The predicted octanol–water partition coefficient (Wildman–Crippen LogP) is 3.36. The number of guanidine groups is 1. The first-order valence-electron chi connectivity index (χ1n) is 7.59. The molecular formula is C16H25IN4O2. The van der Waals surface area contributed by atoms with E-state index >= 15 is 0 Å². The number of rotatable bonds is 6. The summed E-state index contributed by atoms with van der Waals surface area (Å²) in [6, 6.07) is 3.78. The van der Waals surface area contributed by atoms with E-state index in [1.165, 1.54) is 0 Å². The third-order valence-corrected chi connectivity index (χ3v) is 3.47. The fraction of sp³-hybridized carbons (Fsp3) is 0.500. The molecule has 1 unspecified atom stereocenters. The standard InChI is InChI=1S/C16H24N4O2.HI/c1-5-17-16(19-10-14-7-6-8-21-14)18-9-11(2)15-12(3)20-22-13(15)4;/h6-8,11H,5,9-10H2,1-4H3,(H2,17,18,19);1H. The van der Waals surface area contributed by atoms with Crippen LogP contribution in [0.1, 0.15) is 42.5 Å². The van der Waals surface area contributed by atoms with Crippen molar-refractivity contribution in [1.82, 2.24) is 15.8 Å². The first kappa shape index (κ1) is 19.5. The Balaban J connectivity index is 0.00000264. The van der Waals surface area contributed by atoms with Gasteiger partial charge in [-0.2, -0.15) is 0 Å². The van der Waals surface area contributed by atoms with Gasteiger partial charge in [-0.25, -0.2) is 4.99 Å². The molecule has 2 rings (SSSR count). The van der Waals surface area contributed by atoms with Crippen LogP contribution in [0.25, 0.3) is 0 Å². The van der Waals surface area contributed by atoms with E-state index in [9.17, 15) is 0 Å². The highest BCUT2D eigenvalue weighted by Gasteiger charge is 2.16. The van der Waals surface area contributed by atoms with Crippen molar-refractivity contribution in [2.24, 2.45) is 4.99 Å². The lowest BCUT2D eigenvalue weighted by molar-refractivity contribution is 0.391. The maximum Gasteiger partial charge on any atom is 0.191 e. The second-order valence-corrected chi connectivity index (χ2v) is 5.29. The van der Waals surface area contributed by atoms with Crippen LogP contribution in [-0.2, 0) is 6.54 Å². The highest BCUT2D eigenvalue weighted by atomic mass is 127. The summed E-state index contributed by atoms with van der Waals surface area (Å²) in [5.41, 5.74) is 2.11. The van der Waals surface area contributed by atoms with Crippen molar-refractivity contribution >= 4 is 29.9 Å². The van der Waals surface area contributed by atoms with E-state index in [-0.39, 0.29) is 24.0 Å². The van der Waals surface area contributed by atoms with Crippen molar-refractivity contribution in [3.8, 4) is 0 Å². The largest absolute Gasteiger partial charge is 0.467 e. The molecule has 7 heteroatoms. The summed E-state index contributed by atoms with van der Waals surface area (Å²) in [4.78, 5) is 4.52. The van der Waals surface area contributed by atoms with Gasteiger partial charge >= 0.3 is 0 Å². The lowest BCUT2D eigenvalue weighted by atomic mass is 10.00. The van der Waals surface area contributed by atoms with E-state index in [0.717, 1.165) is 41.8 Å². The number of aliphatic imine (C=N–C) groups is 1. The van der Waals surface area contributed by atoms with E-state index < -0.39 is 0 Å². The smallest absolute Gasteiger partial charge is 0.191 e. The van der Waals surface area contributed by atoms with Crippen molar-refractivity contribution < 1.29 is 8.94 Å². The zero-order valence-corrected chi connectivity index (χ0v) is 16.4. The molecule has 2 aromatic heterocycles. The molecule has 0 radical (unpaired) electrons. The van der Waals surface area contributed by atoms with Gasteiger partial charge in [0.1, 0.15) is 18.1 Å². The molecule has 0 amide bonds. The van der Waals surface area contributed by atoms with Crippen LogP contribution in [0.4, 0.5) is 0 Å². The van der Waals surface area contributed by atoms with Gasteiger partial charge in [-0.05, 0) is 32.9 Å². The van der Waals surface area contributed by atoms with Gasteiger partial charge in [-0.3, -0.25) is 0 Å². The van der Waals surface area contributed by atoms with Gasteiger partial charge in [0.2, 0.25) is 0 Å². The van der Waals surface area contributed by atoms with Crippen molar-refractivity contribution in [2.75, 3.05) is 13.1 Å². The van der Waals surface area contributed by atoms with Crippen LogP contribution in [-0.4, -0.2) is 24.2 Å². The minimum absolute atomic E-state index is 0. The highest BCUT2D eigenvalue weighted by molar-refractivity contribution is 14.0. The number of hydrogen-bond acceptors (Lipinski definition) is 4. The van der Waals surface area contributed by atoms with Gasteiger partial charge in [0.25, 0.3) is 0 Å². The lowest BCUT2D eigenvalue weighted by Gasteiger charge is -2.15. The number of hydrogen-bond donors (Lipinski definition) is 2. The Hall–Kier alpha value is -1.51. The number of furan rings is 1. The number of nitrogens with zero attached hydrogens (tertiary/aromatic N) is 2.